The fourth-order valence-electron chi connectivity index (χ4n) is 2.75. The molecular formula is C16H23NO3. The second kappa shape index (κ2) is 6.75. The van der Waals surface area contributed by atoms with Gasteiger partial charge in [0.25, 0.3) is 0 Å². The molecule has 4 heteroatoms. The minimum atomic E-state index is -0.947. The van der Waals surface area contributed by atoms with Gasteiger partial charge in [-0.15, -0.1) is 0 Å². The Morgan fingerprint density at radius 1 is 1.40 bits per heavy atom. The van der Waals surface area contributed by atoms with Gasteiger partial charge in [-0.25, -0.2) is 4.79 Å². The molecule has 0 amide bonds. The van der Waals surface area contributed by atoms with Gasteiger partial charge in [-0.2, -0.15) is 0 Å². The lowest BCUT2D eigenvalue weighted by Gasteiger charge is -2.20. The first-order valence-electron chi connectivity index (χ1n) is 7.22. The largest absolute Gasteiger partial charge is 0.496 e. The van der Waals surface area contributed by atoms with Crippen molar-refractivity contribution in [3.63, 3.8) is 0 Å². The van der Waals surface area contributed by atoms with Crippen LogP contribution in [0.5, 0.6) is 5.75 Å². The molecule has 110 valence electrons. The van der Waals surface area contributed by atoms with E-state index in [1.165, 1.54) is 26.4 Å². The molecule has 0 aromatic heterocycles. The van der Waals surface area contributed by atoms with E-state index in [1.807, 2.05) is 12.1 Å². The Hall–Kier alpha value is -1.55. The van der Waals surface area contributed by atoms with Gasteiger partial charge >= 0.3 is 5.97 Å². The summed E-state index contributed by atoms with van der Waals surface area (Å²) in [6, 6.07) is 5.37. The zero-order chi connectivity index (χ0) is 14.5. The van der Waals surface area contributed by atoms with E-state index in [-0.39, 0.29) is 5.56 Å². The molecule has 1 aromatic rings. The number of likely N-dealkylation sites (tertiary alicyclic amines) is 1. The molecule has 1 unspecified atom stereocenters. The van der Waals surface area contributed by atoms with Crippen molar-refractivity contribution in [2.45, 2.75) is 32.7 Å². The number of carboxylic acids is 1. The van der Waals surface area contributed by atoms with Crippen LogP contribution in [0, 0.1) is 5.92 Å². The van der Waals surface area contributed by atoms with Gasteiger partial charge in [0.2, 0.25) is 0 Å². The molecule has 1 aliphatic heterocycles. The van der Waals surface area contributed by atoms with E-state index < -0.39 is 5.97 Å². The highest BCUT2D eigenvalue weighted by Gasteiger charge is 2.16. The minimum Gasteiger partial charge on any atom is -0.496 e. The number of carboxylic acid groups (broad SMARTS) is 1. The number of carbonyl (C=O) groups is 1. The van der Waals surface area contributed by atoms with Gasteiger partial charge in [0.05, 0.1) is 7.11 Å². The van der Waals surface area contributed by atoms with Crippen LogP contribution in [0.25, 0.3) is 0 Å². The van der Waals surface area contributed by atoms with Gasteiger partial charge in [-0.1, -0.05) is 13.0 Å². The summed E-state index contributed by atoms with van der Waals surface area (Å²) in [5.41, 5.74) is 1.34. The summed E-state index contributed by atoms with van der Waals surface area (Å²) in [4.78, 5) is 13.5. The third-order valence-electron chi connectivity index (χ3n) is 4.01. The molecule has 1 heterocycles. The zero-order valence-corrected chi connectivity index (χ0v) is 12.3. The Labute approximate surface area is 120 Å². The first-order chi connectivity index (χ1) is 9.60. The monoisotopic (exact) mass is 277 g/mol. The maximum absolute atomic E-state index is 11.1. The highest BCUT2D eigenvalue weighted by molar-refractivity contribution is 5.90. The maximum atomic E-state index is 11.1. The van der Waals surface area contributed by atoms with Crippen LogP contribution in [-0.4, -0.2) is 36.2 Å². The van der Waals surface area contributed by atoms with Crippen LogP contribution in [0.3, 0.4) is 0 Å². The van der Waals surface area contributed by atoms with Crippen LogP contribution >= 0.6 is 0 Å². The van der Waals surface area contributed by atoms with Crippen LogP contribution in [-0.2, 0) is 6.54 Å². The summed E-state index contributed by atoms with van der Waals surface area (Å²) in [7, 11) is 1.51. The second-order valence-electron chi connectivity index (χ2n) is 5.65. The van der Waals surface area contributed by atoms with Gasteiger partial charge in [0, 0.05) is 6.54 Å². The molecule has 0 radical (unpaired) electrons. The number of methoxy groups -OCH3 is 1. The third-order valence-corrected chi connectivity index (χ3v) is 4.01. The predicted molar refractivity (Wildman–Crippen MR) is 78.2 cm³/mol. The molecule has 1 aromatic carbocycles. The predicted octanol–water partition coefficient (Wildman–Crippen LogP) is 3.02. The van der Waals surface area contributed by atoms with Gasteiger partial charge in [0.15, 0.2) is 0 Å². The van der Waals surface area contributed by atoms with Crippen molar-refractivity contribution in [2.75, 3.05) is 20.2 Å². The van der Waals surface area contributed by atoms with Crippen LogP contribution in [0.4, 0.5) is 0 Å². The van der Waals surface area contributed by atoms with Gasteiger partial charge in [-0.05, 0) is 56.0 Å². The first kappa shape index (κ1) is 14.9. The number of aromatic carboxylic acids is 1. The molecule has 0 saturated carbocycles. The van der Waals surface area contributed by atoms with Crippen molar-refractivity contribution in [3.05, 3.63) is 29.3 Å². The van der Waals surface area contributed by atoms with Crippen molar-refractivity contribution in [3.8, 4) is 5.75 Å². The number of nitrogens with zero attached hydrogens (tertiary/aromatic N) is 1. The number of benzene rings is 1. The second-order valence-corrected chi connectivity index (χ2v) is 5.65. The smallest absolute Gasteiger partial charge is 0.339 e. The van der Waals surface area contributed by atoms with Crippen molar-refractivity contribution in [1.82, 2.24) is 4.90 Å². The summed E-state index contributed by atoms with van der Waals surface area (Å²) in [5.74, 6) is 0.305. The molecule has 1 aliphatic rings. The first-order valence-corrected chi connectivity index (χ1v) is 7.22. The van der Waals surface area contributed by atoms with Crippen LogP contribution in [0.1, 0.15) is 42.1 Å². The molecule has 4 nitrogen and oxygen atoms in total. The van der Waals surface area contributed by atoms with Crippen LogP contribution < -0.4 is 4.74 Å². The van der Waals surface area contributed by atoms with Gasteiger partial charge in [0.1, 0.15) is 11.3 Å². The Morgan fingerprint density at radius 3 is 2.90 bits per heavy atom. The Morgan fingerprint density at radius 2 is 2.20 bits per heavy atom. The average molecular weight is 277 g/mol. The van der Waals surface area contributed by atoms with E-state index in [4.69, 9.17) is 9.84 Å². The van der Waals surface area contributed by atoms with Crippen molar-refractivity contribution < 1.29 is 14.6 Å². The average Bonchev–Trinajstić information content (AvgIpc) is 2.63. The number of hydrogen-bond donors (Lipinski definition) is 1. The molecule has 0 aliphatic carbocycles. The van der Waals surface area contributed by atoms with E-state index in [0.29, 0.717) is 5.75 Å². The van der Waals surface area contributed by atoms with E-state index in [0.717, 1.165) is 31.1 Å². The van der Waals surface area contributed by atoms with E-state index in [1.54, 1.807) is 6.07 Å². The summed E-state index contributed by atoms with van der Waals surface area (Å²) in [5, 5.41) is 9.09. The topological polar surface area (TPSA) is 49.8 Å². The highest BCUT2D eigenvalue weighted by atomic mass is 16.5. The lowest BCUT2D eigenvalue weighted by molar-refractivity contribution is 0.0693. The minimum absolute atomic E-state index is 0.223. The normalized spacial score (nSPS) is 20.4. The molecule has 2 rings (SSSR count). The molecule has 1 saturated heterocycles. The molecule has 1 fully saturated rings. The summed E-state index contributed by atoms with van der Waals surface area (Å²) < 4.78 is 5.18. The summed E-state index contributed by atoms with van der Waals surface area (Å²) >= 11 is 0. The zero-order valence-electron chi connectivity index (χ0n) is 12.3. The van der Waals surface area contributed by atoms with E-state index in [9.17, 15) is 4.79 Å². The van der Waals surface area contributed by atoms with Gasteiger partial charge < -0.3 is 9.84 Å². The fourth-order valence-corrected chi connectivity index (χ4v) is 2.75. The molecule has 0 bridgehead atoms. The summed E-state index contributed by atoms with van der Waals surface area (Å²) in [6.07, 6.45) is 3.79. The van der Waals surface area contributed by atoms with E-state index in [2.05, 4.69) is 11.8 Å². The lowest BCUT2D eigenvalue weighted by atomic mass is 10.0. The SMILES string of the molecule is COc1cc(CN2CCCC(C)CC2)ccc1C(=O)O. The Bertz CT molecular complexity index is 473. The summed E-state index contributed by atoms with van der Waals surface area (Å²) in [6.45, 7) is 5.41. The van der Waals surface area contributed by atoms with E-state index >= 15 is 0 Å². The quantitative estimate of drug-likeness (QED) is 0.919. The number of hydrogen-bond acceptors (Lipinski definition) is 3. The molecular weight excluding hydrogens is 254 g/mol. The van der Waals surface area contributed by atoms with Crippen molar-refractivity contribution in [1.29, 1.82) is 0 Å². The molecule has 0 spiro atoms. The molecule has 1 atom stereocenters. The fraction of sp³-hybridized carbons (Fsp3) is 0.562. The Kier molecular flexibility index (Phi) is 5.01. The lowest BCUT2D eigenvalue weighted by Crippen LogP contribution is -2.24. The van der Waals surface area contributed by atoms with Crippen LogP contribution in [0.15, 0.2) is 18.2 Å². The van der Waals surface area contributed by atoms with Crippen molar-refractivity contribution in [2.24, 2.45) is 5.92 Å². The molecule has 1 N–H and O–H groups in total. The number of ether oxygens (including phenoxy) is 1. The van der Waals surface area contributed by atoms with Crippen LogP contribution in [0.2, 0.25) is 0 Å². The molecule has 20 heavy (non-hydrogen) atoms. The number of rotatable bonds is 4. The van der Waals surface area contributed by atoms with Crippen molar-refractivity contribution >= 4 is 5.97 Å². The standard InChI is InChI=1S/C16H23NO3/c1-12-4-3-8-17(9-7-12)11-13-5-6-14(16(18)19)15(10-13)20-2/h5-6,10,12H,3-4,7-9,11H2,1-2H3,(H,18,19). The maximum Gasteiger partial charge on any atom is 0.339 e. The third kappa shape index (κ3) is 3.73. The Balaban J connectivity index is 2.07. The highest BCUT2D eigenvalue weighted by Crippen LogP contribution is 2.23. The van der Waals surface area contributed by atoms with Gasteiger partial charge in [-0.3, -0.25) is 4.90 Å².